The Kier molecular flexibility index (Phi) is 4.07. The highest BCUT2D eigenvalue weighted by Gasteiger charge is 2.29. The Balaban J connectivity index is 1.73. The standard InChI is InChI=1S/C17H12F3N3O/c18-17(19,20)12-6-8-13(9-7-12)22-16(24)23-14-5-1-3-11-4-2-10-21-15(11)14/h1-10H,(H2,22,23,24). The van der Waals surface area contributed by atoms with Crippen LogP contribution in [0.1, 0.15) is 5.56 Å². The maximum atomic E-state index is 12.5. The minimum Gasteiger partial charge on any atom is -0.308 e. The van der Waals surface area contributed by atoms with Gasteiger partial charge in [-0.3, -0.25) is 4.98 Å². The molecule has 3 rings (SSSR count). The zero-order chi connectivity index (χ0) is 17.2. The Morgan fingerprint density at radius 1 is 0.917 bits per heavy atom. The summed E-state index contributed by atoms with van der Waals surface area (Å²) in [6.07, 6.45) is -2.79. The van der Waals surface area contributed by atoms with Crippen molar-refractivity contribution in [2.45, 2.75) is 6.18 Å². The van der Waals surface area contributed by atoms with E-state index >= 15 is 0 Å². The van der Waals surface area contributed by atoms with Crippen molar-refractivity contribution in [3.8, 4) is 0 Å². The molecule has 122 valence electrons. The van der Waals surface area contributed by atoms with Crippen LogP contribution in [0.2, 0.25) is 0 Å². The van der Waals surface area contributed by atoms with Crippen molar-refractivity contribution in [1.82, 2.24) is 4.98 Å². The van der Waals surface area contributed by atoms with E-state index in [-0.39, 0.29) is 5.69 Å². The highest BCUT2D eigenvalue weighted by molar-refractivity contribution is 6.04. The Labute approximate surface area is 135 Å². The molecule has 0 aliphatic heterocycles. The number of carbonyl (C=O) groups is 1. The van der Waals surface area contributed by atoms with E-state index in [1.165, 1.54) is 12.1 Å². The van der Waals surface area contributed by atoms with Crippen molar-refractivity contribution >= 4 is 28.3 Å². The van der Waals surface area contributed by atoms with Crippen LogP contribution in [0, 0.1) is 0 Å². The van der Waals surface area contributed by atoms with Gasteiger partial charge in [-0.25, -0.2) is 4.79 Å². The van der Waals surface area contributed by atoms with Crippen molar-refractivity contribution in [2.75, 3.05) is 10.6 Å². The zero-order valence-electron chi connectivity index (χ0n) is 12.3. The third kappa shape index (κ3) is 3.45. The second-order valence-corrected chi connectivity index (χ2v) is 5.03. The summed E-state index contributed by atoms with van der Waals surface area (Å²) < 4.78 is 37.5. The van der Waals surface area contributed by atoms with Gasteiger partial charge in [0.25, 0.3) is 0 Å². The molecule has 0 radical (unpaired) electrons. The number of hydrogen-bond acceptors (Lipinski definition) is 2. The molecule has 24 heavy (non-hydrogen) atoms. The second-order valence-electron chi connectivity index (χ2n) is 5.03. The van der Waals surface area contributed by atoms with E-state index < -0.39 is 17.8 Å². The number of hydrogen-bond donors (Lipinski definition) is 2. The third-order valence-electron chi connectivity index (χ3n) is 3.35. The molecule has 3 aromatic rings. The van der Waals surface area contributed by atoms with Gasteiger partial charge in [0.05, 0.1) is 16.8 Å². The van der Waals surface area contributed by atoms with Crippen LogP contribution in [0.3, 0.4) is 0 Å². The topological polar surface area (TPSA) is 54.0 Å². The van der Waals surface area contributed by atoms with Gasteiger partial charge in [-0.2, -0.15) is 13.2 Å². The van der Waals surface area contributed by atoms with Gasteiger partial charge in [-0.05, 0) is 36.4 Å². The fourth-order valence-corrected chi connectivity index (χ4v) is 2.23. The van der Waals surface area contributed by atoms with E-state index in [4.69, 9.17) is 0 Å². The number of fused-ring (bicyclic) bond motifs is 1. The van der Waals surface area contributed by atoms with Crippen LogP contribution in [0.15, 0.2) is 60.8 Å². The van der Waals surface area contributed by atoms with Crippen molar-refractivity contribution in [3.63, 3.8) is 0 Å². The Morgan fingerprint density at radius 2 is 1.62 bits per heavy atom. The minimum atomic E-state index is -4.41. The van der Waals surface area contributed by atoms with Gasteiger partial charge in [0, 0.05) is 17.3 Å². The number of carbonyl (C=O) groups excluding carboxylic acids is 1. The Hall–Kier alpha value is -3.09. The maximum absolute atomic E-state index is 12.5. The van der Waals surface area contributed by atoms with Crippen LogP contribution in [0.5, 0.6) is 0 Å². The summed E-state index contributed by atoms with van der Waals surface area (Å²) in [7, 11) is 0. The van der Waals surface area contributed by atoms with E-state index in [2.05, 4.69) is 15.6 Å². The van der Waals surface area contributed by atoms with Crippen LogP contribution in [-0.2, 0) is 6.18 Å². The molecule has 0 aliphatic rings. The SMILES string of the molecule is O=C(Nc1ccc(C(F)(F)F)cc1)Nc1cccc2cccnc12. The smallest absolute Gasteiger partial charge is 0.308 e. The van der Waals surface area contributed by atoms with Gasteiger partial charge >= 0.3 is 12.2 Å². The molecule has 0 aliphatic carbocycles. The molecule has 2 aromatic carbocycles. The minimum absolute atomic E-state index is 0.258. The number of urea groups is 1. The molecule has 0 fully saturated rings. The quantitative estimate of drug-likeness (QED) is 0.702. The van der Waals surface area contributed by atoms with Gasteiger partial charge in [-0.1, -0.05) is 18.2 Å². The van der Waals surface area contributed by atoms with Gasteiger partial charge in [0.15, 0.2) is 0 Å². The monoisotopic (exact) mass is 331 g/mol. The molecule has 2 N–H and O–H groups in total. The summed E-state index contributed by atoms with van der Waals surface area (Å²) in [5.74, 6) is 0. The van der Waals surface area contributed by atoms with Gasteiger partial charge in [0.1, 0.15) is 0 Å². The van der Waals surface area contributed by atoms with Crippen molar-refractivity contribution in [2.24, 2.45) is 0 Å². The first-order chi connectivity index (χ1) is 11.4. The van der Waals surface area contributed by atoms with Crippen LogP contribution in [0.4, 0.5) is 29.3 Å². The third-order valence-corrected chi connectivity index (χ3v) is 3.35. The van der Waals surface area contributed by atoms with E-state index in [0.717, 1.165) is 17.5 Å². The number of benzene rings is 2. The number of amides is 2. The predicted molar refractivity (Wildman–Crippen MR) is 85.8 cm³/mol. The number of para-hydroxylation sites is 1. The Bertz CT molecular complexity index is 871. The molecule has 2 amide bonds. The zero-order valence-corrected chi connectivity index (χ0v) is 12.3. The second kappa shape index (κ2) is 6.19. The maximum Gasteiger partial charge on any atom is 0.416 e. The lowest BCUT2D eigenvalue weighted by Crippen LogP contribution is -2.19. The first kappa shape index (κ1) is 15.8. The summed E-state index contributed by atoms with van der Waals surface area (Å²) in [5.41, 5.74) is 0.625. The van der Waals surface area contributed by atoms with Gasteiger partial charge in [-0.15, -0.1) is 0 Å². The number of rotatable bonds is 2. The first-order valence-corrected chi connectivity index (χ1v) is 7.02. The summed E-state index contributed by atoms with van der Waals surface area (Å²) >= 11 is 0. The normalized spacial score (nSPS) is 11.3. The van der Waals surface area contributed by atoms with Gasteiger partial charge in [0.2, 0.25) is 0 Å². The number of nitrogens with zero attached hydrogens (tertiary/aromatic N) is 1. The first-order valence-electron chi connectivity index (χ1n) is 7.02. The summed E-state index contributed by atoms with van der Waals surface area (Å²) in [5, 5.41) is 6.00. The number of nitrogens with one attached hydrogen (secondary N) is 2. The average Bonchev–Trinajstić information content (AvgIpc) is 2.55. The van der Waals surface area contributed by atoms with Crippen LogP contribution >= 0.6 is 0 Å². The Morgan fingerprint density at radius 3 is 2.33 bits per heavy atom. The molecule has 7 heteroatoms. The van der Waals surface area contributed by atoms with Crippen LogP contribution in [-0.4, -0.2) is 11.0 Å². The number of alkyl halides is 3. The molecule has 0 saturated carbocycles. The van der Waals surface area contributed by atoms with Crippen LogP contribution < -0.4 is 10.6 Å². The fraction of sp³-hybridized carbons (Fsp3) is 0.0588. The van der Waals surface area contributed by atoms with Crippen molar-refractivity contribution in [1.29, 1.82) is 0 Å². The fourth-order valence-electron chi connectivity index (χ4n) is 2.23. The highest BCUT2D eigenvalue weighted by atomic mass is 19.4. The van der Waals surface area contributed by atoms with E-state index in [1.807, 2.05) is 12.1 Å². The molecular formula is C17H12F3N3O. The number of aromatic nitrogens is 1. The summed E-state index contributed by atoms with van der Waals surface area (Å²) in [6, 6.07) is 12.6. The van der Waals surface area contributed by atoms with E-state index in [1.54, 1.807) is 24.4 Å². The number of pyridine rings is 1. The summed E-state index contributed by atoms with van der Waals surface area (Å²) in [4.78, 5) is 16.2. The molecule has 0 unspecified atom stereocenters. The molecule has 4 nitrogen and oxygen atoms in total. The highest BCUT2D eigenvalue weighted by Crippen LogP contribution is 2.29. The van der Waals surface area contributed by atoms with Crippen molar-refractivity contribution < 1.29 is 18.0 Å². The van der Waals surface area contributed by atoms with E-state index in [9.17, 15) is 18.0 Å². The van der Waals surface area contributed by atoms with Gasteiger partial charge < -0.3 is 10.6 Å². The number of halogens is 3. The number of anilines is 2. The lowest BCUT2D eigenvalue weighted by Gasteiger charge is -2.11. The van der Waals surface area contributed by atoms with Crippen LogP contribution in [0.25, 0.3) is 10.9 Å². The van der Waals surface area contributed by atoms with E-state index in [0.29, 0.717) is 11.2 Å². The average molecular weight is 331 g/mol. The largest absolute Gasteiger partial charge is 0.416 e. The lowest BCUT2D eigenvalue weighted by molar-refractivity contribution is -0.137. The molecule has 0 atom stereocenters. The molecule has 1 aromatic heterocycles. The molecule has 0 spiro atoms. The molecule has 0 saturated heterocycles. The van der Waals surface area contributed by atoms with Crippen molar-refractivity contribution in [3.05, 3.63) is 66.4 Å². The lowest BCUT2D eigenvalue weighted by atomic mass is 10.2. The summed E-state index contributed by atoms with van der Waals surface area (Å²) in [6.45, 7) is 0. The molecular weight excluding hydrogens is 319 g/mol. The predicted octanol–water partition coefficient (Wildman–Crippen LogP) is 4.90. The molecule has 1 heterocycles. The molecule has 0 bridgehead atoms.